The van der Waals surface area contributed by atoms with Crippen LogP contribution in [0.4, 0.5) is 0 Å². The lowest BCUT2D eigenvalue weighted by Crippen LogP contribution is -2.04. The van der Waals surface area contributed by atoms with Gasteiger partial charge in [-0.2, -0.15) is 0 Å². The lowest BCUT2D eigenvalue weighted by molar-refractivity contribution is 0.0520. The molecule has 0 fully saturated rings. The SMILES string of the molecule is CCOC(=O)c1csc(-c2ccc(C(C)C)cc2)n1. The van der Waals surface area contributed by atoms with E-state index in [1.165, 1.54) is 16.9 Å². The molecule has 0 bridgehead atoms. The van der Waals surface area contributed by atoms with Crippen molar-refractivity contribution in [1.29, 1.82) is 0 Å². The van der Waals surface area contributed by atoms with Crippen molar-refractivity contribution < 1.29 is 9.53 Å². The molecule has 0 atom stereocenters. The maximum atomic E-state index is 11.6. The number of ether oxygens (including phenoxy) is 1. The van der Waals surface area contributed by atoms with Gasteiger partial charge in [0.25, 0.3) is 0 Å². The zero-order chi connectivity index (χ0) is 13.8. The van der Waals surface area contributed by atoms with Crippen LogP contribution in [-0.2, 0) is 4.74 Å². The number of benzene rings is 1. The van der Waals surface area contributed by atoms with Crippen LogP contribution < -0.4 is 0 Å². The van der Waals surface area contributed by atoms with E-state index >= 15 is 0 Å². The number of hydrogen-bond donors (Lipinski definition) is 0. The zero-order valence-corrected chi connectivity index (χ0v) is 12.2. The maximum absolute atomic E-state index is 11.6. The minimum atomic E-state index is -0.358. The van der Waals surface area contributed by atoms with Crippen LogP contribution in [0.25, 0.3) is 10.6 Å². The molecule has 2 rings (SSSR count). The Kier molecular flexibility index (Phi) is 4.32. The third-order valence-corrected chi connectivity index (χ3v) is 3.70. The predicted molar refractivity (Wildman–Crippen MR) is 77.6 cm³/mol. The Morgan fingerprint density at radius 2 is 2.00 bits per heavy atom. The number of carbonyl (C=O) groups is 1. The van der Waals surface area contributed by atoms with E-state index in [1.54, 1.807) is 12.3 Å². The number of aromatic nitrogens is 1. The monoisotopic (exact) mass is 275 g/mol. The summed E-state index contributed by atoms with van der Waals surface area (Å²) in [4.78, 5) is 15.9. The molecule has 0 amide bonds. The Morgan fingerprint density at radius 3 is 2.58 bits per heavy atom. The highest BCUT2D eigenvalue weighted by atomic mass is 32.1. The Balaban J connectivity index is 2.20. The molecule has 0 N–H and O–H groups in total. The molecule has 1 aromatic heterocycles. The van der Waals surface area contributed by atoms with E-state index in [1.807, 2.05) is 12.1 Å². The Morgan fingerprint density at radius 1 is 1.32 bits per heavy atom. The second kappa shape index (κ2) is 5.97. The van der Waals surface area contributed by atoms with Gasteiger partial charge in [-0.15, -0.1) is 11.3 Å². The molecule has 0 saturated carbocycles. The van der Waals surface area contributed by atoms with Crippen LogP contribution in [0.3, 0.4) is 0 Å². The summed E-state index contributed by atoms with van der Waals surface area (Å²) in [6.45, 7) is 6.49. The van der Waals surface area contributed by atoms with Gasteiger partial charge in [-0.25, -0.2) is 9.78 Å². The number of carbonyl (C=O) groups excluding carboxylic acids is 1. The third kappa shape index (κ3) is 3.20. The largest absolute Gasteiger partial charge is 0.461 e. The summed E-state index contributed by atoms with van der Waals surface area (Å²) >= 11 is 1.46. The van der Waals surface area contributed by atoms with Crippen molar-refractivity contribution in [3.63, 3.8) is 0 Å². The Bertz CT molecular complexity index is 558. The van der Waals surface area contributed by atoms with Gasteiger partial charge in [0.2, 0.25) is 0 Å². The van der Waals surface area contributed by atoms with Crippen molar-refractivity contribution in [3.8, 4) is 10.6 Å². The van der Waals surface area contributed by atoms with Gasteiger partial charge < -0.3 is 4.74 Å². The fourth-order valence-electron chi connectivity index (χ4n) is 1.72. The predicted octanol–water partition coefficient (Wildman–Crippen LogP) is 4.11. The van der Waals surface area contributed by atoms with E-state index in [9.17, 15) is 4.79 Å². The van der Waals surface area contributed by atoms with Crippen molar-refractivity contribution in [3.05, 3.63) is 40.9 Å². The fourth-order valence-corrected chi connectivity index (χ4v) is 2.51. The van der Waals surface area contributed by atoms with Gasteiger partial charge >= 0.3 is 5.97 Å². The van der Waals surface area contributed by atoms with Crippen LogP contribution in [0, 0.1) is 0 Å². The van der Waals surface area contributed by atoms with Crippen LogP contribution in [0.1, 0.15) is 42.7 Å². The topological polar surface area (TPSA) is 39.2 Å². The highest BCUT2D eigenvalue weighted by molar-refractivity contribution is 7.13. The molecule has 0 radical (unpaired) electrons. The van der Waals surface area contributed by atoms with Gasteiger partial charge in [0.05, 0.1) is 6.61 Å². The molecule has 4 heteroatoms. The van der Waals surface area contributed by atoms with E-state index < -0.39 is 0 Å². The summed E-state index contributed by atoms with van der Waals surface area (Å²) in [5, 5.41) is 2.59. The van der Waals surface area contributed by atoms with Crippen LogP contribution in [0.15, 0.2) is 29.6 Å². The molecule has 0 aliphatic heterocycles. The summed E-state index contributed by atoms with van der Waals surface area (Å²) in [5.41, 5.74) is 2.71. The van der Waals surface area contributed by atoms with E-state index in [-0.39, 0.29) is 5.97 Å². The van der Waals surface area contributed by atoms with E-state index in [4.69, 9.17) is 4.74 Å². The molecule has 1 aromatic carbocycles. The minimum Gasteiger partial charge on any atom is -0.461 e. The molecule has 0 aliphatic carbocycles. The van der Waals surface area contributed by atoms with Gasteiger partial charge in [0.1, 0.15) is 5.01 Å². The van der Waals surface area contributed by atoms with Gasteiger partial charge in [0.15, 0.2) is 5.69 Å². The molecule has 100 valence electrons. The lowest BCUT2D eigenvalue weighted by Gasteiger charge is -2.05. The number of hydrogen-bond acceptors (Lipinski definition) is 4. The van der Waals surface area contributed by atoms with Crippen LogP contribution in [-0.4, -0.2) is 17.6 Å². The smallest absolute Gasteiger partial charge is 0.357 e. The minimum absolute atomic E-state index is 0.358. The molecule has 19 heavy (non-hydrogen) atoms. The zero-order valence-electron chi connectivity index (χ0n) is 11.3. The Labute approximate surface area is 117 Å². The molecule has 1 heterocycles. The van der Waals surface area contributed by atoms with E-state index in [0.717, 1.165) is 10.6 Å². The van der Waals surface area contributed by atoms with Crippen LogP contribution in [0.5, 0.6) is 0 Å². The van der Waals surface area contributed by atoms with Gasteiger partial charge in [0, 0.05) is 10.9 Å². The highest BCUT2D eigenvalue weighted by Crippen LogP contribution is 2.25. The molecule has 2 aromatic rings. The lowest BCUT2D eigenvalue weighted by atomic mass is 10.0. The average Bonchev–Trinajstić information content (AvgIpc) is 2.89. The second-order valence-corrected chi connectivity index (χ2v) is 5.39. The first-order chi connectivity index (χ1) is 9.11. The van der Waals surface area contributed by atoms with Crippen molar-refractivity contribution in [1.82, 2.24) is 4.98 Å². The fraction of sp³-hybridized carbons (Fsp3) is 0.333. The summed E-state index contributed by atoms with van der Waals surface area (Å²) in [7, 11) is 0. The van der Waals surface area contributed by atoms with Gasteiger partial charge in [-0.3, -0.25) is 0 Å². The van der Waals surface area contributed by atoms with Crippen molar-refractivity contribution in [2.75, 3.05) is 6.61 Å². The normalized spacial score (nSPS) is 10.7. The standard InChI is InChI=1S/C15H17NO2S/c1-4-18-15(17)13-9-19-14(16-13)12-7-5-11(6-8-12)10(2)3/h5-10H,4H2,1-3H3. The molecular formula is C15H17NO2S. The number of thiazole rings is 1. The van der Waals surface area contributed by atoms with Crippen molar-refractivity contribution in [2.24, 2.45) is 0 Å². The van der Waals surface area contributed by atoms with Crippen LogP contribution in [0.2, 0.25) is 0 Å². The van der Waals surface area contributed by atoms with Gasteiger partial charge in [-0.05, 0) is 18.4 Å². The first-order valence-corrected chi connectivity index (χ1v) is 7.22. The molecular weight excluding hydrogens is 258 g/mol. The summed E-state index contributed by atoms with van der Waals surface area (Å²) in [5.74, 6) is 0.157. The van der Waals surface area contributed by atoms with Crippen LogP contribution >= 0.6 is 11.3 Å². The second-order valence-electron chi connectivity index (χ2n) is 4.54. The third-order valence-electron chi connectivity index (χ3n) is 2.81. The summed E-state index contributed by atoms with van der Waals surface area (Å²) in [6.07, 6.45) is 0. The van der Waals surface area contributed by atoms with E-state index in [2.05, 4.69) is 31.0 Å². The van der Waals surface area contributed by atoms with E-state index in [0.29, 0.717) is 18.2 Å². The molecule has 0 unspecified atom stereocenters. The van der Waals surface area contributed by atoms with Gasteiger partial charge in [-0.1, -0.05) is 38.1 Å². The quantitative estimate of drug-likeness (QED) is 0.788. The summed E-state index contributed by atoms with van der Waals surface area (Å²) in [6, 6.07) is 8.29. The first kappa shape index (κ1) is 13.7. The maximum Gasteiger partial charge on any atom is 0.357 e. The number of rotatable bonds is 4. The summed E-state index contributed by atoms with van der Waals surface area (Å²) < 4.78 is 4.93. The molecule has 0 aliphatic rings. The first-order valence-electron chi connectivity index (χ1n) is 6.34. The number of esters is 1. The molecule has 3 nitrogen and oxygen atoms in total. The average molecular weight is 275 g/mol. The van der Waals surface area contributed by atoms with Crippen molar-refractivity contribution in [2.45, 2.75) is 26.7 Å². The molecule has 0 spiro atoms. The Hall–Kier alpha value is -1.68. The van der Waals surface area contributed by atoms with Crippen molar-refractivity contribution >= 4 is 17.3 Å². The highest BCUT2D eigenvalue weighted by Gasteiger charge is 2.12. The molecule has 0 saturated heterocycles. The number of nitrogens with zero attached hydrogens (tertiary/aromatic N) is 1.